The number of aliphatic carboxylic acids is 1. The predicted molar refractivity (Wildman–Crippen MR) is 67.3 cm³/mol. The zero-order valence-corrected chi connectivity index (χ0v) is 10.6. The fourth-order valence-corrected chi connectivity index (χ4v) is 1.49. The first-order valence-corrected chi connectivity index (χ1v) is 5.95. The van der Waals surface area contributed by atoms with Gasteiger partial charge in [0.15, 0.2) is 0 Å². The monoisotopic (exact) mass is 250 g/mol. The Kier molecular flexibility index (Phi) is 5.30. The summed E-state index contributed by atoms with van der Waals surface area (Å²) in [4.78, 5) is 26.4. The van der Waals surface area contributed by atoms with Gasteiger partial charge in [-0.15, -0.1) is 0 Å². The summed E-state index contributed by atoms with van der Waals surface area (Å²) in [6.45, 7) is 3.95. The molecule has 2 N–H and O–H groups in total. The van der Waals surface area contributed by atoms with Crippen LogP contribution in [0.3, 0.4) is 0 Å². The summed E-state index contributed by atoms with van der Waals surface area (Å²) in [6, 6.07) is 5.26. The molecule has 0 aliphatic carbocycles. The van der Waals surface area contributed by atoms with E-state index in [0.717, 1.165) is 5.69 Å². The summed E-state index contributed by atoms with van der Waals surface area (Å²) < 4.78 is 0. The van der Waals surface area contributed by atoms with Crippen LogP contribution in [0.15, 0.2) is 18.2 Å². The number of hydrogen-bond acceptors (Lipinski definition) is 3. The summed E-state index contributed by atoms with van der Waals surface area (Å²) in [5.74, 6) is -1.40. The average molecular weight is 250 g/mol. The highest BCUT2D eigenvalue weighted by molar-refractivity contribution is 5.92. The highest BCUT2D eigenvalue weighted by atomic mass is 16.4. The molecule has 1 heterocycles. The number of rotatable bonds is 6. The van der Waals surface area contributed by atoms with Gasteiger partial charge in [-0.1, -0.05) is 13.0 Å². The molecule has 1 unspecified atom stereocenters. The normalized spacial score (nSPS) is 11.9. The average Bonchev–Trinajstić information content (AvgIpc) is 2.33. The summed E-state index contributed by atoms with van der Waals surface area (Å²) in [5, 5.41) is 11.4. The quantitative estimate of drug-likeness (QED) is 0.752. The van der Waals surface area contributed by atoms with E-state index < -0.39 is 5.97 Å². The van der Waals surface area contributed by atoms with Crippen molar-refractivity contribution in [1.29, 1.82) is 0 Å². The summed E-state index contributed by atoms with van der Waals surface area (Å²) >= 11 is 0. The smallest absolute Gasteiger partial charge is 0.306 e. The largest absolute Gasteiger partial charge is 0.481 e. The Labute approximate surface area is 106 Å². The minimum Gasteiger partial charge on any atom is -0.481 e. The van der Waals surface area contributed by atoms with Gasteiger partial charge < -0.3 is 10.4 Å². The molecule has 1 rings (SSSR count). The van der Waals surface area contributed by atoms with Gasteiger partial charge in [0.1, 0.15) is 5.69 Å². The fraction of sp³-hybridized carbons (Fsp3) is 0.462. The maximum atomic E-state index is 11.7. The molecule has 0 radical (unpaired) electrons. The second kappa shape index (κ2) is 6.74. The van der Waals surface area contributed by atoms with Crippen molar-refractivity contribution in [3.63, 3.8) is 0 Å². The Bertz CT molecular complexity index is 432. The van der Waals surface area contributed by atoms with Crippen LogP contribution < -0.4 is 5.32 Å². The van der Waals surface area contributed by atoms with Crippen molar-refractivity contribution >= 4 is 11.9 Å². The molecule has 0 aliphatic heterocycles. The lowest BCUT2D eigenvalue weighted by Gasteiger charge is -2.07. The lowest BCUT2D eigenvalue weighted by Crippen LogP contribution is -2.26. The van der Waals surface area contributed by atoms with E-state index >= 15 is 0 Å². The van der Waals surface area contributed by atoms with Crippen molar-refractivity contribution in [3.8, 4) is 0 Å². The van der Waals surface area contributed by atoms with Crippen LogP contribution >= 0.6 is 0 Å². The standard InChI is InChI=1S/C13H18N2O3/c1-9(13(17)18)5-4-8-14-12(16)11-7-3-6-10(2)15-11/h3,6-7,9H,4-5,8H2,1-2H3,(H,14,16)(H,17,18). The van der Waals surface area contributed by atoms with Crippen LogP contribution in [0.4, 0.5) is 0 Å². The van der Waals surface area contributed by atoms with E-state index in [2.05, 4.69) is 10.3 Å². The second-order valence-electron chi connectivity index (χ2n) is 4.30. The molecule has 5 heteroatoms. The van der Waals surface area contributed by atoms with Gasteiger partial charge in [-0.25, -0.2) is 4.98 Å². The fourth-order valence-electron chi connectivity index (χ4n) is 1.49. The summed E-state index contributed by atoms with van der Waals surface area (Å²) in [6.07, 6.45) is 1.20. The molecule has 0 aliphatic rings. The van der Waals surface area contributed by atoms with Crippen molar-refractivity contribution in [2.75, 3.05) is 6.54 Å². The molecule has 1 amide bonds. The van der Waals surface area contributed by atoms with E-state index in [4.69, 9.17) is 5.11 Å². The van der Waals surface area contributed by atoms with E-state index in [1.54, 1.807) is 19.1 Å². The van der Waals surface area contributed by atoms with Crippen molar-refractivity contribution in [3.05, 3.63) is 29.6 Å². The summed E-state index contributed by atoms with van der Waals surface area (Å²) in [7, 11) is 0. The third-order valence-electron chi connectivity index (χ3n) is 2.64. The van der Waals surface area contributed by atoms with Gasteiger partial charge in [-0.05, 0) is 31.9 Å². The number of amides is 1. The number of carboxylic acids is 1. The summed E-state index contributed by atoms with van der Waals surface area (Å²) in [5.41, 5.74) is 1.18. The van der Waals surface area contributed by atoms with Crippen LogP contribution in [-0.4, -0.2) is 28.5 Å². The highest BCUT2D eigenvalue weighted by Gasteiger charge is 2.11. The number of pyridine rings is 1. The van der Waals surface area contributed by atoms with Crippen molar-refractivity contribution in [2.45, 2.75) is 26.7 Å². The van der Waals surface area contributed by atoms with Crippen LogP contribution in [0.25, 0.3) is 0 Å². The lowest BCUT2D eigenvalue weighted by atomic mass is 10.1. The van der Waals surface area contributed by atoms with Gasteiger partial charge in [0, 0.05) is 12.2 Å². The van der Waals surface area contributed by atoms with Gasteiger partial charge in [0.25, 0.3) is 5.91 Å². The molecule has 0 spiro atoms. The van der Waals surface area contributed by atoms with Crippen LogP contribution in [0.1, 0.15) is 35.9 Å². The minimum atomic E-state index is -0.804. The molecule has 18 heavy (non-hydrogen) atoms. The number of aromatic nitrogens is 1. The first kappa shape index (κ1) is 14.2. The van der Waals surface area contributed by atoms with E-state index in [0.29, 0.717) is 25.1 Å². The van der Waals surface area contributed by atoms with Crippen LogP contribution in [0.2, 0.25) is 0 Å². The molecular weight excluding hydrogens is 232 g/mol. The molecule has 1 aromatic rings. The molecule has 0 saturated heterocycles. The second-order valence-corrected chi connectivity index (χ2v) is 4.30. The number of carbonyl (C=O) groups excluding carboxylic acids is 1. The van der Waals surface area contributed by atoms with E-state index in [1.165, 1.54) is 0 Å². The van der Waals surface area contributed by atoms with E-state index in [9.17, 15) is 9.59 Å². The van der Waals surface area contributed by atoms with Gasteiger partial charge in [-0.3, -0.25) is 9.59 Å². The van der Waals surface area contributed by atoms with E-state index in [1.807, 2.05) is 13.0 Å². The lowest BCUT2D eigenvalue weighted by molar-refractivity contribution is -0.141. The molecular formula is C13H18N2O3. The molecule has 1 atom stereocenters. The van der Waals surface area contributed by atoms with Crippen molar-refractivity contribution in [1.82, 2.24) is 10.3 Å². The van der Waals surface area contributed by atoms with Crippen LogP contribution in [0.5, 0.6) is 0 Å². The Morgan fingerprint density at radius 2 is 2.17 bits per heavy atom. The molecule has 0 fully saturated rings. The SMILES string of the molecule is Cc1cccc(C(=O)NCCCC(C)C(=O)O)n1. The zero-order chi connectivity index (χ0) is 13.5. The Morgan fingerprint density at radius 1 is 1.44 bits per heavy atom. The number of carbonyl (C=O) groups is 2. The predicted octanol–water partition coefficient (Wildman–Crippen LogP) is 1.62. The maximum absolute atomic E-state index is 11.7. The first-order valence-electron chi connectivity index (χ1n) is 5.95. The van der Waals surface area contributed by atoms with Crippen LogP contribution in [0, 0.1) is 12.8 Å². The number of nitrogens with one attached hydrogen (secondary N) is 1. The molecule has 5 nitrogen and oxygen atoms in total. The highest BCUT2D eigenvalue weighted by Crippen LogP contribution is 2.04. The number of hydrogen-bond donors (Lipinski definition) is 2. The third kappa shape index (κ3) is 4.53. The molecule has 98 valence electrons. The number of aryl methyl sites for hydroxylation is 1. The Balaban J connectivity index is 2.32. The topological polar surface area (TPSA) is 79.3 Å². The van der Waals surface area contributed by atoms with Gasteiger partial charge in [-0.2, -0.15) is 0 Å². The molecule has 0 bridgehead atoms. The first-order chi connectivity index (χ1) is 8.50. The van der Waals surface area contributed by atoms with Crippen LogP contribution in [-0.2, 0) is 4.79 Å². The molecule has 1 aromatic heterocycles. The number of carboxylic acid groups (broad SMARTS) is 1. The van der Waals surface area contributed by atoms with Gasteiger partial charge in [0.05, 0.1) is 5.92 Å². The van der Waals surface area contributed by atoms with E-state index in [-0.39, 0.29) is 11.8 Å². The Morgan fingerprint density at radius 3 is 2.78 bits per heavy atom. The van der Waals surface area contributed by atoms with Gasteiger partial charge in [0.2, 0.25) is 0 Å². The molecule has 0 aromatic carbocycles. The Hall–Kier alpha value is -1.91. The van der Waals surface area contributed by atoms with Gasteiger partial charge >= 0.3 is 5.97 Å². The zero-order valence-electron chi connectivity index (χ0n) is 10.6. The number of nitrogens with zero attached hydrogens (tertiary/aromatic N) is 1. The molecule has 0 saturated carbocycles. The minimum absolute atomic E-state index is 0.221. The van der Waals surface area contributed by atoms with Crippen molar-refractivity contribution < 1.29 is 14.7 Å². The third-order valence-corrected chi connectivity index (χ3v) is 2.64. The van der Waals surface area contributed by atoms with Crippen molar-refractivity contribution in [2.24, 2.45) is 5.92 Å². The maximum Gasteiger partial charge on any atom is 0.306 e.